The van der Waals surface area contributed by atoms with E-state index in [1.807, 2.05) is 0 Å². The van der Waals surface area contributed by atoms with Gasteiger partial charge in [-0.25, -0.2) is 4.39 Å². The molecule has 20 heavy (non-hydrogen) atoms. The summed E-state index contributed by atoms with van der Waals surface area (Å²) in [5.74, 6) is 0.241. The number of aliphatic hydroxyl groups is 1. The largest absolute Gasteiger partial charge is 0.494 e. The molecular formula is C15H20FNO3. The van der Waals surface area contributed by atoms with Crippen molar-refractivity contribution in [2.45, 2.75) is 37.6 Å². The Morgan fingerprint density at radius 2 is 2.05 bits per heavy atom. The van der Waals surface area contributed by atoms with Crippen molar-refractivity contribution in [1.29, 1.82) is 0 Å². The maximum atomic E-state index is 12.7. The molecule has 0 bridgehead atoms. The van der Waals surface area contributed by atoms with Gasteiger partial charge in [-0.15, -0.1) is 0 Å². The number of hydrogen-bond donors (Lipinski definition) is 2. The molecule has 110 valence electrons. The van der Waals surface area contributed by atoms with Crippen LogP contribution in [-0.4, -0.2) is 29.8 Å². The predicted octanol–water partition coefficient (Wildman–Crippen LogP) is 2.02. The van der Waals surface area contributed by atoms with E-state index in [1.54, 1.807) is 12.1 Å². The lowest BCUT2D eigenvalue weighted by atomic mass is 9.77. The number of carbonyl (C=O) groups is 1. The molecule has 1 aliphatic carbocycles. The van der Waals surface area contributed by atoms with Crippen molar-refractivity contribution in [2.75, 3.05) is 13.2 Å². The highest BCUT2D eigenvalue weighted by molar-refractivity contribution is 5.76. The first-order valence-electron chi connectivity index (χ1n) is 6.94. The van der Waals surface area contributed by atoms with Crippen LogP contribution in [0.5, 0.6) is 5.75 Å². The third kappa shape index (κ3) is 3.93. The van der Waals surface area contributed by atoms with Gasteiger partial charge in [-0.2, -0.15) is 0 Å². The molecule has 1 fully saturated rings. The number of nitrogens with one attached hydrogen (secondary N) is 1. The average Bonchev–Trinajstić information content (AvgIpc) is 2.41. The van der Waals surface area contributed by atoms with E-state index >= 15 is 0 Å². The minimum Gasteiger partial charge on any atom is -0.494 e. The molecule has 5 heteroatoms. The van der Waals surface area contributed by atoms with Crippen LogP contribution in [0.1, 0.15) is 32.1 Å². The van der Waals surface area contributed by atoms with Crippen LogP contribution >= 0.6 is 0 Å². The molecular weight excluding hydrogens is 261 g/mol. The van der Waals surface area contributed by atoms with Crippen molar-refractivity contribution in [2.24, 2.45) is 0 Å². The molecule has 0 heterocycles. The van der Waals surface area contributed by atoms with Crippen LogP contribution in [0.15, 0.2) is 24.3 Å². The van der Waals surface area contributed by atoms with E-state index in [0.717, 1.165) is 19.3 Å². The number of hydrogen-bond acceptors (Lipinski definition) is 3. The molecule has 0 spiro atoms. The molecule has 0 atom stereocenters. The lowest BCUT2D eigenvalue weighted by Crippen LogP contribution is -2.56. The second kappa shape index (κ2) is 6.70. The normalized spacial score (nSPS) is 16.3. The zero-order valence-electron chi connectivity index (χ0n) is 11.4. The van der Waals surface area contributed by atoms with Crippen molar-refractivity contribution in [3.63, 3.8) is 0 Å². The second-order valence-corrected chi connectivity index (χ2v) is 5.25. The van der Waals surface area contributed by atoms with Crippen LogP contribution in [0, 0.1) is 5.82 Å². The third-order valence-corrected chi connectivity index (χ3v) is 3.65. The average molecular weight is 281 g/mol. The Balaban J connectivity index is 1.63. The molecule has 2 N–H and O–H groups in total. The van der Waals surface area contributed by atoms with Crippen LogP contribution < -0.4 is 10.1 Å². The standard InChI is InChI=1S/C15H20FNO3/c16-12-4-6-13(7-5-12)20-10-1-3-14(19)17-15(11-18)8-2-9-15/h4-7,18H,1-3,8-11H2,(H,17,19). The van der Waals surface area contributed by atoms with Gasteiger partial charge in [0.2, 0.25) is 5.91 Å². The van der Waals surface area contributed by atoms with Crippen molar-refractivity contribution in [3.8, 4) is 5.75 Å². The van der Waals surface area contributed by atoms with E-state index in [9.17, 15) is 14.3 Å². The Bertz CT molecular complexity index is 437. The third-order valence-electron chi connectivity index (χ3n) is 3.65. The zero-order chi connectivity index (χ0) is 14.4. The number of aliphatic hydroxyl groups excluding tert-OH is 1. The lowest BCUT2D eigenvalue weighted by molar-refractivity contribution is -0.125. The minimum absolute atomic E-state index is 0.00478. The minimum atomic E-state index is -0.380. The van der Waals surface area contributed by atoms with Gasteiger partial charge in [0.1, 0.15) is 11.6 Å². The van der Waals surface area contributed by atoms with Crippen LogP contribution in [0.25, 0.3) is 0 Å². The van der Waals surface area contributed by atoms with Crippen LogP contribution in [0.4, 0.5) is 4.39 Å². The molecule has 1 aromatic rings. The highest BCUT2D eigenvalue weighted by Gasteiger charge is 2.37. The highest BCUT2D eigenvalue weighted by atomic mass is 19.1. The summed E-state index contributed by atoms with van der Waals surface area (Å²) >= 11 is 0. The summed E-state index contributed by atoms with van der Waals surface area (Å²) in [6.45, 7) is 0.413. The predicted molar refractivity (Wildman–Crippen MR) is 72.9 cm³/mol. The Hall–Kier alpha value is -1.62. The number of amides is 1. The fourth-order valence-corrected chi connectivity index (χ4v) is 2.24. The van der Waals surface area contributed by atoms with Crippen LogP contribution in [0.2, 0.25) is 0 Å². The molecule has 1 amide bonds. The van der Waals surface area contributed by atoms with Gasteiger partial charge in [0.25, 0.3) is 0 Å². The zero-order valence-corrected chi connectivity index (χ0v) is 11.4. The van der Waals surface area contributed by atoms with Crippen molar-refractivity contribution in [3.05, 3.63) is 30.1 Å². The summed E-state index contributed by atoms with van der Waals surface area (Å²) in [4.78, 5) is 11.7. The lowest BCUT2D eigenvalue weighted by Gasteiger charge is -2.41. The van der Waals surface area contributed by atoms with Crippen molar-refractivity contribution < 1.29 is 19.0 Å². The van der Waals surface area contributed by atoms with E-state index in [4.69, 9.17) is 4.74 Å². The summed E-state index contributed by atoms with van der Waals surface area (Å²) < 4.78 is 18.1. The number of carbonyl (C=O) groups excluding carboxylic acids is 1. The van der Waals surface area contributed by atoms with E-state index in [0.29, 0.717) is 25.2 Å². The molecule has 4 nitrogen and oxygen atoms in total. The maximum absolute atomic E-state index is 12.7. The summed E-state index contributed by atoms with van der Waals surface area (Å²) in [6, 6.07) is 5.79. The van der Waals surface area contributed by atoms with Gasteiger partial charge in [-0.1, -0.05) is 0 Å². The maximum Gasteiger partial charge on any atom is 0.220 e. The summed E-state index contributed by atoms with van der Waals surface area (Å²) in [5, 5.41) is 12.1. The Morgan fingerprint density at radius 3 is 2.60 bits per heavy atom. The molecule has 1 saturated carbocycles. The number of benzene rings is 1. The van der Waals surface area contributed by atoms with Crippen LogP contribution in [0.3, 0.4) is 0 Å². The van der Waals surface area contributed by atoms with E-state index in [1.165, 1.54) is 12.1 Å². The molecule has 1 aliphatic rings. The van der Waals surface area contributed by atoms with Gasteiger partial charge in [0.15, 0.2) is 0 Å². The van der Waals surface area contributed by atoms with Gasteiger partial charge >= 0.3 is 0 Å². The van der Waals surface area contributed by atoms with Crippen molar-refractivity contribution in [1.82, 2.24) is 5.32 Å². The molecule has 2 rings (SSSR count). The Kier molecular flexibility index (Phi) is 4.95. The fraction of sp³-hybridized carbons (Fsp3) is 0.533. The quantitative estimate of drug-likeness (QED) is 0.752. The SMILES string of the molecule is O=C(CCCOc1ccc(F)cc1)NC1(CO)CCC1. The van der Waals surface area contributed by atoms with Gasteiger partial charge in [-0.05, 0) is 49.9 Å². The second-order valence-electron chi connectivity index (χ2n) is 5.25. The van der Waals surface area contributed by atoms with Gasteiger partial charge in [0.05, 0.1) is 18.8 Å². The van der Waals surface area contributed by atoms with E-state index in [2.05, 4.69) is 5.32 Å². The number of rotatable bonds is 7. The number of ether oxygens (including phenoxy) is 1. The van der Waals surface area contributed by atoms with Gasteiger partial charge in [0, 0.05) is 6.42 Å². The van der Waals surface area contributed by atoms with E-state index in [-0.39, 0.29) is 23.9 Å². The molecule has 0 aliphatic heterocycles. The van der Waals surface area contributed by atoms with Crippen LogP contribution in [-0.2, 0) is 4.79 Å². The first-order chi connectivity index (χ1) is 9.63. The Labute approximate surface area is 117 Å². The Morgan fingerprint density at radius 1 is 1.35 bits per heavy atom. The first-order valence-corrected chi connectivity index (χ1v) is 6.94. The highest BCUT2D eigenvalue weighted by Crippen LogP contribution is 2.31. The fourth-order valence-electron chi connectivity index (χ4n) is 2.24. The van der Waals surface area contributed by atoms with Gasteiger partial charge in [-0.3, -0.25) is 4.79 Å². The monoisotopic (exact) mass is 281 g/mol. The van der Waals surface area contributed by atoms with Gasteiger partial charge < -0.3 is 15.2 Å². The van der Waals surface area contributed by atoms with Crippen molar-refractivity contribution >= 4 is 5.91 Å². The summed E-state index contributed by atoms with van der Waals surface area (Å²) in [5.41, 5.74) is -0.380. The van der Waals surface area contributed by atoms with E-state index < -0.39 is 0 Å². The topological polar surface area (TPSA) is 58.6 Å². The summed E-state index contributed by atoms with van der Waals surface area (Å²) in [6.07, 6.45) is 3.70. The summed E-state index contributed by atoms with van der Waals surface area (Å²) in [7, 11) is 0. The molecule has 1 aromatic carbocycles. The first kappa shape index (κ1) is 14.8. The molecule has 0 unspecified atom stereocenters. The molecule has 0 aromatic heterocycles. The number of halogens is 1. The molecule has 0 radical (unpaired) electrons. The smallest absolute Gasteiger partial charge is 0.220 e. The molecule has 0 saturated heterocycles.